The summed E-state index contributed by atoms with van der Waals surface area (Å²) in [6, 6.07) is 3.91. The highest BCUT2D eigenvalue weighted by Gasteiger charge is 2.43. The Morgan fingerprint density at radius 2 is 2.04 bits per heavy atom. The van der Waals surface area contributed by atoms with Crippen molar-refractivity contribution in [2.24, 2.45) is 5.92 Å². The summed E-state index contributed by atoms with van der Waals surface area (Å²) in [7, 11) is -3.10. The first-order valence-corrected chi connectivity index (χ1v) is 10.7. The van der Waals surface area contributed by atoms with Gasteiger partial charge in [-0.05, 0) is 24.5 Å². The third-order valence-corrected chi connectivity index (χ3v) is 7.54. The minimum Gasteiger partial charge on any atom is -0.342 e. The number of hydrogen-bond donors (Lipinski definition) is 0. The van der Waals surface area contributed by atoms with E-state index in [1.54, 1.807) is 6.20 Å². The number of carbonyl (C=O) groups is 1. The average Bonchev–Trinajstić information content (AvgIpc) is 2.82. The zero-order valence-corrected chi connectivity index (χ0v) is 15.8. The van der Waals surface area contributed by atoms with Crippen LogP contribution in [0.4, 0.5) is 0 Å². The number of pyridine rings is 1. The standard InChI is InChI=1S/C18H27N3O3S/c1-14(2)18(22)20-8-5-16-17(6-9-20)25(23,24)11-10-21(16)13-15-4-3-7-19-12-15/h3-4,7,12,14,16-17H,5-6,8-11,13H2,1-2H3/t16-,17+/m0/s1. The largest absolute Gasteiger partial charge is 0.342 e. The van der Waals surface area contributed by atoms with Crippen LogP contribution < -0.4 is 0 Å². The van der Waals surface area contributed by atoms with Gasteiger partial charge >= 0.3 is 0 Å². The van der Waals surface area contributed by atoms with E-state index in [0.29, 0.717) is 39.0 Å². The molecule has 1 amide bonds. The van der Waals surface area contributed by atoms with Crippen molar-refractivity contribution in [1.82, 2.24) is 14.8 Å². The van der Waals surface area contributed by atoms with Gasteiger partial charge in [0.2, 0.25) is 5.91 Å². The van der Waals surface area contributed by atoms with Gasteiger partial charge in [0.25, 0.3) is 0 Å². The number of hydrogen-bond acceptors (Lipinski definition) is 5. The van der Waals surface area contributed by atoms with Gasteiger partial charge in [-0.1, -0.05) is 19.9 Å². The Hall–Kier alpha value is -1.47. The molecular formula is C18H27N3O3S. The van der Waals surface area contributed by atoms with E-state index in [2.05, 4.69) is 9.88 Å². The van der Waals surface area contributed by atoms with Gasteiger partial charge in [-0.25, -0.2) is 8.42 Å². The number of rotatable bonds is 3. The molecule has 2 atom stereocenters. The molecule has 3 heterocycles. The molecule has 0 unspecified atom stereocenters. The molecule has 2 aliphatic heterocycles. The summed E-state index contributed by atoms with van der Waals surface area (Å²) in [5, 5.41) is -0.372. The van der Waals surface area contributed by atoms with Crippen LogP contribution in [0.3, 0.4) is 0 Å². The zero-order valence-electron chi connectivity index (χ0n) is 15.0. The molecule has 0 N–H and O–H groups in total. The molecule has 138 valence electrons. The summed E-state index contributed by atoms with van der Waals surface area (Å²) in [6.45, 7) is 6.23. The summed E-state index contributed by atoms with van der Waals surface area (Å²) >= 11 is 0. The van der Waals surface area contributed by atoms with Gasteiger partial charge in [-0.3, -0.25) is 14.7 Å². The number of aromatic nitrogens is 1. The van der Waals surface area contributed by atoms with Crippen molar-refractivity contribution in [2.75, 3.05) is 25.4 Å². The van der Waals surface area contributed by atoms with Crippen LogP contribution in [0.25, 0.3) is 0 Å². The highest BCUT2D eigenvalue weighted by atomic mass is 32.2. The molecule has 2 fully saturated rings. The summed E-state index contributed by atoms with van der Waals surface area (Å²) < 4.78 is 25.3. The fourth-order valence-electron chi connectivity index (χ4n) is 3.97. The summed E-state index contributed by atoms with van der Waals surface area (Å²) in [5.74, 6) is 0.269. The molecule has 0 saturated carbocycles. The SMILES string of the molecule is CC(C)C(=O)N1CC[C@@H]2[C@H](CC1)N(Cc1cccnc1)CCS2(=O)=O. The van der Waals surface area contributed by atoms with Crippen molar-refractivity contribution < 1.29 is 13.2 Å². The number of carbonyl (C=O) groups excluding carboxylic acids is 1. The Bertz CT molecular complexity index is 706. The first-order valence-electron chi connectivity index (χ1n) is 9.02. The van der Waals surface area contributed by atoms with Crippen molar-refractivity contribution >= 4 is 15.7 Å². The molecule has 0 aromatic carbocycles. The van der Waals surface area contributed by atoms with Crippen LogP contribution in [0, 0.1) is 5.92 Å². The molecule has 2 saturated heterocycles. The minimum absolute atomic E-state index is 0.0241. The van der Waals surface area contributed by atoms with Gasteiger partial charge in [0.05, 0.1) is 11.0 Å². The quantitative estimate of drug-likeness (QED) is 0.808. The number of nitrogens with zero attached hydrogens (tertiary/aromatic N) is 3. The van der Waals surface area contributed by atoms with Crippen molar-refractivity contribution in [2.45, 2.75) is 44.5 Å². The third kappa shape index (κ3) is 4.03. The number of sulfone groups is 1. The summed E-state index contributed by atoms with van der Waals surface area (Å²) in [5.41, 5.74) is 1.10. The van der Waals surface area contributed by atoms with E-state index in [-0.39, 0.29) is 28.9 Å². The number of fused-ring (bicyclic) bond motifs is 1. The van der Waals surface area contributed by atoms with Crippen molar-refractivity contribution in [3.05, 3.63) is 30.1 Å². The summed E-state index contributed by atoms with van der Waals surface area (Å²) in [4.78, 5) is 20.6. The Morgan fingerprint density at radius 1 is 1.28 bits per heavy atom. The molecule has 0 bridgehead atoms. The van der Waals surface area contributed by atoms with Gasteiger partial charge in [0.1, 0.15) is 0 Å². The summed E-state index contributed by atoms with van der Waals surface area (Å²) in [6.07, 6.45) is 4.83. The maximum atomic E-state index is 12.6. The predicted molar refractivity (Wildman–Crippen MR) is 96.7 cm³/mol. The second-order valence-corrected chi connectivity index (χ2v) is 9.70. The first-order chi connectivity index (χ1) is 11.9. The van der Waals surface area contributed by atoms with Crippen LogP contribution in [0.2, 0.25) is 0 Å². The maximum absolute atomic E-state index is 12.6. The third-order valence-electron chi connectivity index (χ3n) is 5.31. The molecule has 0 radical (unpaired) electrons. The lowest BCUT2D eigenvalue weighted by atomic mass is 10.1. The Balaban J connectivity index is 1.79. The van der Waals surface area contributed by atoms with Crippen molar-refractivity contribution in [3.63, 3.8) is 0 Å². The predicted octanol–water partition coefficient (Wildman–Crippen LogP) is 1.33. The number of amides is 1. The van der Waals surface area contributed by atoms with Crippen LogP contribution in [-0.2, 0) is 21.2 Å². The first kappa shape index (κ1) is 18.3. The maximum Gasteiger partial charge on any atom is 0.225 e. The molecule has 2 aliphatic rings. The lowest BCUT2D eigenvalue weighted by molar-refractivity contribution is -0.134. The van der Waals surface area contributed by atoms with Crippen LogP contribution in [-0.4, -0.2) is 65.8 Å². The molecule has 25 heavy (non-hydrogen) atoms. The second-order valence-electron chi connectivity index (χ2n) is 7.36. The van der Waals surface area contributed by atoms with E-state index in [1.807, 2.05) is 37.1 Å². The fraction of sp³-hybridized carbons (Fsp3) is 0.667. The Morgan fingerprint density at radius 3 is 2.72 bits per heavy atom. The second kappa shape index (κ2) is 7.41. The van der Waals surface area contributed by atoms with E-state index < -0.39 is 9.84 Å². The van der Waals surface area contributed by atoms with Crippen LogP contribution in [0.5, 0.6) is 0 Å². The molecular weight excluding hydrogens is 338 g/mol. The Labute approximate surface area is 150 Å². The van der Waals surface area contributed by atoms with E-state index in [9.17, 15) is 13.2 Å². The molecule has 1 aromatic heterocycles. The number of likely N-dealkylation sites (tertiary alicyclic amines) is 1. The molecule has 0 aliphatic carbocycles. The molecule has 1 aromatic rings. The van der Waals surface area contributed by atoms with Crippen molar-refractivity contribution in [3.8, 4) is 0 Å². The smallest absolute Gasteiger partial charge is 0.225 e. The van der Waals surface area contributed by atoms with E-state index >= 15 is 0 Å². The van der Waals surface area contributed by atoms with Crippen LogP contribution in [0.15, 0.2) is 24.5 Å². The normalized spacial score (nSPS) is 26.9. The highest BCUT2D eigenvalue weighted by Crippen LogP contribution is 2.29. The molecule has 6 nitrogen and oxygen atoms in total. The van der Waals surface area contributed by atoms with Gasteiger partial charge in [-0.2, -0.15) is 0 Å². The van der Waals surface area contributed by atoms with Gasteiger partial charge in [0, 0.05) is 50.5 Å². The fourth-order valence-corrected chi connectivity index (χ4v) is 6.01. The Kier molecular flexibility index (Phi) is 5.43. The minimum atomic E-state index is -3.10. The van der Waals surface area contributed by atoms with E-state index in [0.717, 1.165) is 5.56 Å². The van der Waals surface area contributed by atoms with Crippen LogP contribution in [0.1, 0.15) is 32.3 Å². The zero-order chi connectivity index (χ0) is 18.0. The van der Waals surface area contributed by atoms with Gasteiger partial charge < -0.3 is 4.90 Å². The lowest BCUT2D eigenvalue weighted by Gasteiger charge is -2.40. The topological polar surface area (TPSA) is 70.6 Å². The average molecular weight is 365 g/mol. The van der Waals surface area contributed by atoms with Gasteiger partial charge in [0.15, 0.2) is 9.84 Å². The van der Waals surface area contributed by atoms with Crippen LogP contribution >= 0.6 is 0 Å². The van der Waals surface area contributed by atoms with Crippen molar-refractivity contribution in [1.29, 1.82) is 0 Å². The lowest BCUT2D eigenvalue weighted by Crippen LogP contribution is -2.54. The van der Waals surface area contributed by atoms with E-state index in [1.165, 1.54) is 0 Å². The van der Waals surface area contributed by atoms with Gasteiger partial charge in [-0.15, -0.1) is 0 Å². The highest BCUT2D eigenvalue weighted by molar-refractivity contribution is 7.92. The molecule has 7 heteroatoms. The van der Waals surface area contributed by atoms with E-state index in [4.69, 9.17) is 0 Å². The molecule has 3 rings (SSSR count). The monoisotopic (exact) mass is 365 g/mol. The molecule has 0 spiro atoms.